The molecule has 2 aliphatic rings. The van der Waals surface area contributed by atoms with E-state index in [1.165, 1.54) is 4.31 Å². The first-order valence-corrected chi connectivity index (χ1v) is 10.0. The van der Waals surface area contributed by atoms with E-state index in [1.54, 1.807) is 31.4 Å². The average Bonchev–Trinajstić information content (AvgIpc) is 3.39. The van der Waals surface area contributed by atoms with Gasteiger partial charge < -0.3 is 9.26 Å². The Morgan fingerprint density at radius 3 is 2.60 bits per heavy atom. The standard InChI is InChI=1S/C17H21N3O4S/c1-23-13-7-9-14(10-8-13)25(21,22)20-11-3-2-4-15(20)17-18-16(19-24-17)12-5-6-12/h7-10,12,15H,2-6,11H2,1H3/t15-/m1/s1. The van der Waals surface area contributed by atoms with Gasteiger partial charge in [0.15, 0.2) is 5.82 Å². The summed E-state index contributed by atoms with van der Waals surface area (Å²) < 4.78 is 38.3. The highest BCUT2D eigenvalue weighted by Crippen LogP contribution is 2.40. The van der Waals surface area contributed by atoms with E-state index in [4.69, 9.17) is 9.26 Å². The Labute approximate surface area is 147 Å². The molecule has 0 bridgehead atoms. The summed E-state index contributed by atoms with van der Waals surface area (Å²) in [6, 6.07) is 6.07. The van der Waals surface area contributed by atoms with Crippen molar-refractivity contribution in [2.24, 2.45) is 0 Å². The van der Waals surface area contributed by atoms with Gasteiger partial charge in [-0.2, -0.15) is 9.29 Å². The predicted molar refractivity (Wildman–Crippen MR) is 89.8 cm³/mol. The molecule has 1 aromatic carbocycles. The second-order valence-electron chi connectivity index (χ2n) is 6.57. The second kappa shape index (κ2) is 6.42. The van der Waals surface area contributed by atoms with E-state index in [1.807, 2.05) is 0 Å². The van der Waals surface area contributed by atoms with E-state index in [-0.39, 0.29) is 10.9 Å². The van der Waals surface area contributed by atoms with E-state index in [9.17, 15) is 8.42 Å². The van der Waals surface area contributed by atoms with Crippen molar-refractivity contribution in [3.8, 4) is 5.75 Å². The third kappa shape index (κ3) is 3.16. The van der Waals surface area contributed by atoms with E-state index >= 15 is 0 Å². The van der Waals surface area contributed by atoms with Gasteiger partial charge in [0.25, 0.3) is 0 Å². The van der Waals surface area contributed by atoms with Crippen molar-refractivity contribution in [3.05, 3.63) is 36.0 Å². The molecule has 2 fully saturated rings. The summed E-state index contributed by atoms with van der Waals surface area (Å²) in [5, 5.41) is 4.04. The summed E-state index contributed by atoms with van der Waals surface area (Å²) in [4.78, 5) is 4.73. The minimum Gasteiger partial charge on any atom is -0.497 e. The molecule has 1 aliphatic heterocycles. The molecule has 2 heterocycles. The lowest BCUT2D eigenvalue weighted by Crippen LogP contribution is -2.38. The highest BCUT2D eigenvalue weighted by atomic mass is 32.2. The Morgan fingerprint density at radius 1 is 1.16 bits per heavy atom. The Hall–Kier alpha value is -1.93. The Bertz CT molecular complexity index is 843. The maximum atomic E-state index is 13.1. The lowest BCUT2D eigenvalue weighted by molar-refractivity contribution is 0.204. The number of methoxy groups -OCH3 is 1. The molecule has 2 aromatic rings. The summed E-state index contributed by atoms with van der Waals surface area (Å²) in [5.74, 6) is 2.13. The van der Waals surface area contributed by atoms with Crippen LogP contribution in [0.15, 0.2) is 33.7 Å². The van der Waals surface area contributed by atoms with Gasteiger partial charge in [-0.3, -0.25) is 0 Å². The van der Waals surface area contributed by atoms with E-state index in [0.29, 0.717) is 36.3 Å². The molecule has 1 saturated carbocycles. The van der Waals surface area contributed by atoms with Gasteiger partial charge in [0.05, 0.1) is 12.0 Å². The van der Waals surface area contributed by atoms with Crippen molar-refractivity contribution in [2.75, 3.05) is 13.7 Å². The predicted octanol–water partition coefficient (Wildman–Crippen LogP) is 2.87. The van der Waals surface area contributed by atoms with Crippen LogP contribution in [0.3, 0.4) is 0 Å². The molecule has 1 aliphatic carbocycles. The van der Waals surface area contributed by atoms with Gasteiger partial charge in [0.2, 0.25) is 15.9 Å². The van der Waals surface area contributed by atoms with Gasteiger partial charge in [-0.1, -0.05) is 11.6 Å². The van der Waals surface area contributed by atoms with Gasteiger partial charge in [-0.05, 0) is 49.9 Å². The normalized spacial score (nSPS) is 22.0. The number of benzene rings is 1. The van der Waals surface area contributed by atoms with Crippen LogP contribution in [0.25, 0.3) is 0 Å². The summed E-state index contributed by atoms with van der Waals surface area (Å²) in [5.41, 5.74) is 0. The third-order valence-electron chi connectivity index (χ3n) is 4.80. The highest BCUT2D eigenvalue weighted by Gasteiger charge is 2.38. The van der Waals surface area contributed by atoms with Crippen LogP contribution >= 0.6 is 0 Å². The van der Waals surface area contributed by atoms with Crippen molar-refractivity contribution in [2.45, 2.75) is 49.0 Å². The van der Waals surface area contributed by atoms with Gasteiger partial charge in [0.1, 0.15) is 11.8 Å². The van der Waals surface area contributed by atoms with E-state index in [2.05, 4.69) is 10.1 Å². The number of hydrogen-bond acceptors (Lipinski definition) is 6. The van der Waals surface area contributed by atoms with Crippen molar-refractivity contribution >= 4 is 10.0 Å². The highest BCUT2D eigenvalue weighted by molar-refractivity contribution is 7.89. The second-order valence-corrected chi connectivity index (χ2v) is 8.46. The van der Waals surface area contributed by atoms with Crippen molar-refractivity contribution in [1.82, 2.24) is 14.4 Å². The number of piperidine rings is 1. The van der Waals surface area contributed by atoms with Gasteiger partial charge in [-0.15, -0.1) is 0 Å². The molecule has 0 spiro atoms. The zero-order chi connectivity index (χ0) is 17.4. The minimum absolute atomic E-state index is 0.252. The molecule has 7 nitrogen and oxygen atoms in total. The molecule has 0 unspecified atom stereocenters. The fourth-order valence-electron chi connectivity index (χ4n) is 3.21. The van der Waals surface area contributed by atoms with Gasteiger partial charge in [0, 0.05) is 12.5 Å². The Kier molecular flexibility index (Phi) is 4.24. The molecule has 0 amide bonds. The molecule has 0 N–H and O–H groups in total. The molecule has 8 heteroatoms. The van der Waals surface area contributed by atoms with Crippen LogP contribution < -0.4 is 4.74 Å². The van der Waals surface area contributed by atoms with Crippen LogP contribution in [-0.2, 0) is 10.0 Å². The van der Waals surface area contributed by atoms with Crippen LogP contribution in [0.5, 0.6) is 5.75 Å². The number of hydrogen-bond donors (Lipinski definition) is 0. The SMILES string of the molecule is COc1ccc(S(=O)(=O)N2CCCC[C@@H]2c2nc(C3CC3)no2)cc1. The first-order chi connectivity index (χ1) is 12.1. The quantitative estimate of drug-likeness (QED) is 0.812. The fraction of sp³-hybridized carbons (Fsp3) is 0.529. The minimum atomic E-state index is -3.63. The molecular weight excluding hydrogens is 342 g/mol. The lowest BCUT2D eigenvalue weighted by atomic mass is 10.1. The molecule has 4 rings (SSSR count). The first-order valence-electron chi connectivity index (χ1n) is 8.59. The van der Waals surface area contributed by atoms with Gasteiger partial charge >= 0.3 is 0 Å². The fourth-order valence-corrected chi connectivity index (χ4v) is 4.86. The zero-order valence-corrected chi connectivity index (χ0v) is 14.9. The molecule has 25 heavy (non-hydrogen) atoms. The van der Waals surface area contributed by atoms with Crippen LogP contribution in [0.2, 0.25) is 0 Å². The van der Waals surface area contributed by atoms with Crippen molar-refractivity contribution in [3.63, 3.8) is 0 Å². The van der Waals surface area contributed by atoms with Gasteiger partial charge in [-0.25, -0.2) is 8.42 Å². The number of ether oxygens (including phenoxy) is 1. The maximum Gasteiger partial charge on any atom is 0.245 e. The van der Waals surface area contributed by atoms with E-state index in [0.717, 1.165) is 25.7 Å². The van der Waals surface area contributed by atoms with E-state index < -0.39 is 10.0 Å². The molecular formula is C17H21N3O4S. The Balaban J connectivity index is 1.64. The van der Waals surface area contributed by atoms with Crippen LogP contribution in [0, 0.1) is 0 Å². The summed E-state index contributed by atoms with van der Waals surface area (Å²) in [7, 11) is -2.08. The topological polar surface area (TPSA) is 85.5 Å². The summed E-state index contributed by atoms with van der Waals surface area (Å²) in [6.45, 7) is 0.459. The first kappa shape index (κ1) is 16.5. The molecule has 1 saturated heterocycles. The molecule has 0 radical (unpaired) electrons. The summed E-state index contributed by atoms with van der Waals surface area (Å²) in [6.07, 6.45) is 4.63. The number of aromatic nitrogens is 2. The van der Waals surface area contributed by atoms with Crippen LogP contribution in [-0.4, -0.2) is 36.5 Å². The lowest BCUT2D eigenvalue weighted by Gasteiger charge is -2.32. The van der Waals surface area contributed by atoms with Crippen molar-refractivity contribution in [1.29, 1.82) is 0 Å². The largest absolute Gasteiger partial charge is 0.497 e. The average molecular weight is 363 g/mol. The van der Waals surface area contributed by atoms with Crippen LogP contribution in [0.1, 0.15) is 55.8 Å². The molecule has 134 valence electrons. The smallest absolute Gasteiger partial charge is 0.245 e. The number of rotatable bonds is 5. The summed E-state index contributed by atoms with van der Waals surface area (Å²) >= 11 is 0. The monoisotopic (exact) mass is 363 g/mol. The van der Waals surface area contributed by atoms with Crippen LogP contribution in [0.4, 0.5) is 0 Å². The maximum absolute atomic E-state index is 13.1. The van der Waals surface area contributed by atoms with Crippen molar-refractivity contribution < 1.29 is 17.7 Å². The molecule has 1 atom stereocenters. The zero-order valence-electron chi connectivity index (χ0n) is 14.1. The number of sulfonamides is 1. The Morgan fingerprint density at radius 2 is 1.92 bits per heavy atom. The molecule has 1 aromatic heterocycles. The number of nitrogens with zero attached hydrogens (tertiary/aromatic N) is 3. The third-order valence-corrected chi connectivity index (χ3v) is 6.73.